The maximum atomic E-state index is 14.1. The molecule has 0 radical (unpaired) electrons. The number of ether oxygens (including phenoxy) is 11. The largest absolute Gasteiger partial charge is 0.493 e. The van der Waals surface area contributed by atoms with Crippen molar-refractivity contribution in [2.75, 3.05) is 81.0 Å². The molecule has 7 rings (SSSR count). The summed E-state index contributed by atoms with van der Waals surface area (Å²) in [6.07, 6.45) is 0.262. The van der Waals surface area contributed by atoms with Gasteiger partial charge in [-0.25, -0.2) is 18.0 Å². The summed E-state index contributed by atoms with van der Waals surface area (Å²) in [5.41, 5.74) is 0.295. The van der Waals surface area contributed by atoms with Crippen molar-refractivity contribution in [3.63, 3.8) is 0 Å². The minimum atomic E-state index is -4.26. The molecule has 1 aromatic heterocycles. The Morgan fingerprint density at radius 2 is 1.40 bits per heavy atom. The first-order valence-electron chi connectivity index (χ1n) is 18.3. The third kappa shape index (κ3) is 8.47. The highest BCUT2D eigenvalue weighted by Crippen LogP contribution is 2.57. The maximum absolute atomic E-state index is 14.1. The van der Waals surface area contributed by atoms with Crippen LogP contribution in [0, 0.1) is 5.21 Å². The van der Waals surface area contributed by atoms with E-state index in [4.69, 9.17) is 52.1 Å². The predicted molar refractivity (Wildman–Crippen MR) is 198 cm³/mol. The summed E-state index contributed by atoms with van der Waals surface area (Å²) in [6.45, 7) is 0.149. The number of nitrogens with zero attached hydrogens (tertiary/aromatic N) is 3. The average Bonchev–Trinajstić information content (AvgIpc) is 4.04. The predicted octanol–water partition coefficient (Wildman–Crippen LogP) is 2.33. The summed E-state index contributed by atoms with van der Waals surface area (Å²) in [5, 5.41) is 14.6. The Hall–Kier alpha value is -6.52. The molecule has 22 heteroatoms. The first-order chi connectivity index (χ1) is 29.0. The van der Waals surface area contributed by atoms with Crippen LogP contribution in [0.4, 0.5) is 0 Å². The number of fused-ring (bicyclic) bond motifs is 2. The van der Waals surface area contributed by atoms with Crippen molar-refractivity contribution in [2.45, 2.75) is 28.9 Å². The highest BCUT2D eigenvalue weighted by molar-refractivity contribution is 7.91. The van der Waals surface area contributed by atoms with Crippen molar-refractivity contribution < 1.29 is 84.4 Å². The first kappa shape index (κ1) is 41.6. The second-order valence-electron chi connectivity index (χ2n) is 13.0. The van der Waals surface area contributed by atoms with E-state index in [2.05, 4.69) is 9.79 Å². The van der Waals surface area contributed by atoms with Gasteiger partial charge in [-0.3, -0.25) is 14.3 Å². The average molecular weight is 858 g/mol. The van der Waals surface area contributed by atoms with E-state index in [0.29, 0.717) is 25.9 Å². The normalized spacial score (nSPS) is 14.7. The Morgan fingerprint density at radius 3 is 2.00 bits per heavy atom. The third-order valence-electron chi connectivity index (χ3n) is 9.50. The van der Waals surface area contributed by atoms with Crippen molar-refractivity contribution in [1.29, 1.82) is 0 Å². The molecule has 21 nitrogen and oxygen atoms in total. The van der Waals surface area contributed by atoms with E-state index < -0.39 is 44.8 Å². The van der Waals surface area contributed by atoms with Gasteiger partial charge in [0, 0.05) is 24.2 Å². The number of hydrogen-bond donors (Lipinski definition) is 0. The molecule has 1 saturated heterocycles. The van der Waals surface area contributed by atoms with Crippen LogP contribution in [0.3, 0.4) is 0 Å². The van der Waals surface area contributed by atoms with Crippen molar-refractivity contribution in [2.24, 2.45) is 0 Å². The van der Waals surface area contributed by atoms with E-state index >= 15 is 0 Å². The Bertz CT molecular complexity index is 2340. The van der Waals surface area contributed by atoms with Crippen LogP contribution >= 0.6 is 0 Å². The van der Waals surface area contributed by atoms with Crippen LogP contribution in [0.15, 0.2) is 57.0 Å². The van der Waals surface area contributed by atoms with Crippen molar-refractivity contribution >= 4 is 27.7 Å². The van der Waals surface area contributed by atoms with Crippen LogP contribution < -0.4 is 38.1 Å². The van der Waals surface area contributed by atoms with Crippen molar-refractivity contribution in [1.82, 2.24) is 10.1 Å². The fraction of sp³-hybridized carbons (Fsp3) is 0.395. The number of esters is 3. The Balaban J connectivity index is 0.910. The molecule has 0 N–H and O–H groups in total. The van der Waals surface area contributed by atoms with Crippen LogP contribution in [0.1, 0.15) is 33.6 Å². The van der Waals surface area contributed by atoms with E-state index in [1.807, 2.05) is 4.90 Å². The lowest BCUT2D eigenvalue weighted by molar-refractivity contribution is -0.832. The number of carbonyl (C=O) groups is 3. The molecule has 3 aliphatic rings. The number of rotatable bonds is 17. The molecule has 3 aliphatic heterocycles. The topological polar surface area (TPSA) is 243 Å². The molecular formula is C38H39N3O18S. The summed E-state index contributed by atoms with van der Waals surface area (Å²) in [5.74, 6) is -1.42. The van der Waals surface area contributed by atoms with Gasteiger partial charge in [0.15, 0.2) is 23.0 Å². The lowest BCUT2D eigenvalue weighted by Crippen LogP contribution is -2.41. The van der Waals surface area contributed by atoms with Gasteiger partial charge in [-0.2, -0.15) is 0 Å². The van der Waals surface area contributed by atoms with Gasteiger partial charge in [-0.05, 0) is 42.0 Å². The number of sulfone groups is 1. The van der Waals surface area contributed by atoms with Gasteiger partial charge in [0.1, 0.15) is 19.3 Å². The molecule has 0 amide bonds. The molecule has 320 valence electrons. The fourth-order valence-electron chi connectivity index (χ4n) is 6.69. The summed E-state index contributed by atoms with van der Waals surface area (Å²) in [4.78, 5) is 41.3. The third-order valence-corrected chi connectivity index (χ3v) is 11.2. The SMILES string of the molecule is COC(=O)c1cc(OC)c2c(c1-c1c(C(=O)OC3CCN(CC(=O)OCCOCCOc4no[n+]([O-])c4S(=O)(=O)c4ccccc4)CC3)cc(OC)c3c1OCO3)OCO2. The highest BCUT2D eigenvalue weighted by Gasteiger charge is 2.39. The number of likely N-dealkylation sites (tertiary alicyclic amines) is 1. The molecule has 0 atom stereocenters. The molecule has 1 fully saturated rings. The maximum Gasteiger partial charge on any atom is 0.415 e. The Labute approximate surface area is 341 Å². The molecule has 0 saturated carbocycles. The van der Waals surface area contributed by atoms with Gasteiger partial charge in [0.25, 0.3) is 9.84 Å². The highest BCUT2D eigenvalue weighted by atomic mass is 32.2. The monoisotopic (exact) mass is 857 g/mol. The molecular weight excluding hydrogens is 818 g/mol. The zero-order valence-corrected chi connectivity index (χ0v) is 33.3. The second kappa shape index (κ2) is 18.2. The molecule has 0 spiro atoms. The minimum Gasteiger partial charge on any atom is -0.493 e. The van der Waals surface area contributed by atoms with Crippen molar-refractivity contribution in [3.05, 3.63) is 58.8 Å². The van der Waals surface area contributed by atoms with Crippen LogP contribution in [-0.4, -0.2) is 123 Å². The number of hydrogen-bond acceptors (Lipinski definition) is 20. The van der Waals surface area contributed by atoms with Gasteiger partial charge in [-0.1, -0.05) is 18.2 Å². The Kier molecular flexibility index (Phi) is 12.6. The van der Waals surface area contributed by atoms with Crippen LogP contribution in [0.2, 0.25) is 0 Å². The molecule has 3 aromatic carbocycles. The smallest absolute Gasteiger partial charge is 0.415 e. The standard InChI is InChI=1S/C38H39N3O18S/c1-48-26-17-24(37(43)50-3)29(33-31(26)54-20-56-33)30-25(18-27(49-2)32-34(30)57-21-55-32)38(44)58-22-9-11-40(12-10-22)19-28(42)52-15-13-51-14-16-53-35-36(41(45)59-39-35)60(46,47)23-7-5-4-6-8-23/h4-8,17-18,22H,9-16,19-21H2,1-3H3. The lowest BCUT2D eigenvalue weighted by Gasteiger charge is -2.31. The molecule has 4 aromatic rings. The summed E-state index contributed by atoms with van der Waals surface area (Å²) in [6, 6.07) is 10.1. The van der Waals surface area contributed by atoms with Gasteiger partial charge in [0.2, 0.25) is 25.1 Å². The fourth-order valence-corrected chi connectivity index (χ4v) is 7.99. The van der Waals surface area contributed by atoms with Gasteiger partial charge in [-0.15, -0.1) is 0 Å². The summed E-state index contributed by atoms with van der Waals surface area (Å²) in [7, 11) is -0.236. The quantitative estimate of drug-likeness (QED) is 0.0640. The minimum absolute atomic E-state index is 0.00147. The number of piperidine rings is 1. The number of carbonyl (C=O) groups excluding carboxylic acids is 3. The van der Waals surface area contributed by atoms with Gasteiger partial charge in [0.05, 0.1) is 62.3 Å². The summed E-state index contributed by atoms with van der Waals surface area (Å²) < 4.78 is 91.3. The molecule has 60 heavy (non-hydrogen) atoms. The first-order valence-corrected chi connectivity index (χ1v) is 19.8. The number of benzene rings is 3. The van der Waals surface area contributed by atoms with E-state index in [0.717, 1.165) is 0 Å². The number of aromatic nitrogens is 2. The molecule has 4 heterocycles. The molecule has 0 bridgehead atoms. The second-order valence-corrected chi connectivity index (χ2v) is 14.9. The van der Waals surface area contributed by atoms with Crippen LogP contribution in [0.5, 0.6) is 40.4 Å². The van der Waals surface area contributed by atoms with Crippen molar-refractivity contribution in [3.8, 4) is 51.5 Å². The Morgan fingerprint density at radius 1 is 0.817 bits per heavy atom. The van der Waals surface area contributed by atoms with Crippen LogP contribution in [0.25, 0.3) is 11.1 Å². The van der Waals surface area contributed by atoms with Crippen LogP contribution in [-0.2, 0) is 33.6 Å². The molecule has 0 aliphatic carbocycles. The van der Waals surface area contributed by atoms with Gasteiger partial charge < -0.3 is 57.3 Å². The van der Waals surface area contributed by atoms with E-state index in [1.165, 1.54) is 57.7 Å². The lowest BCUT2D eigenvalue weighted by atomic mass is 9.91. The molecule has 0 unspecified atom stereocenters. The zero-order chi connectivity index (χ0) is 42.4. The van der Waals surface area contributed by atoms with E-state index in [-0.39, 0.29) is 113 Å². The zero-order valence-electron chi connectivity index (χ0n) is 32.5. The summed E-state index contributed by atoms with van der Waals surface area (Å²) >= 11 is 0. The van der Waals surface area contributed by atoms with E-state index in [1.54, 1.807) is 6.07 Å². The van der Waals surface area contributed by atoms with E-state index in [9.17, 15) is 28.0 Å². The number of methoxy groups -OCH3 is 3. The van der Waals surface area contributed by atoms with Gasteiger partial charge >= 0.3 is 28.8 Å².